The number of halogens is 2. The van der Waals surface area contributed by atoms with E-state index in [0.29, 0.717) is 83.8 Å². The van der Waals surface area contributed by atoms with Crippen molar-refractivity contribution in [2.24, 2.45) is 0 Å². The minimum absolute atomic E-state index is 0.0340. The number of fused-ring (bicyclic) bond motifs is 10. The number of hydrogen-bond donors (Lipinski definition) is 1. The van der Waals surface area contributed by atoms with Crippen LogP contribution in [0, 0.1) is 73.8 Å². The van der Waals surface area contributed by atoms with Gasteiger partial charge in [-0.1, -0.05) is 88.9 Å². The Labute approximate surface area is 672 Å². The topological polar surface area (TPSA) is 225 Å². The summed E-state index contributed by atoms with van der Waals surface area (Å²) in [4.78, 5) is 104. The van der Waals surface area contributed by atoms with E-state index in [-0.39, 0.29) is 27.8 Å². The van der Waals surface area contributed by atoms with Crippen molar-refractivity contribution >= 4 is 125 Å². The van der Waals surface area contributed by atoms with Gasteiger partial charge in [-0.25, -0.2) is 34.9 Å². The third-order valence-electron chi connectivity index (χ3n) is 18.2. The lowest BCUT2D eigenvalue weighted by Gasteiger charge is -2.25. The van der Waals surface area contributed by atoms with Crippen LogP contribution in [0.3, 0.4) is 0 Å². The second-order valence-electron chi connectivity index (χ2n) is 29.6. The average molecular weight is 1680 g/mol. The minimum Gasteiger partial charge on any atom is -0.308 e. The number of likely N-dealkylation sites (N-methyl/N-ethyl adjacent to an activating group) is 4. The average Bonchev–Trinajstić information content (AvgIpc) is 0.979. The largest absolute Gasteiger partial charge is 0.308 e. The van der Waals surface area contributed by atoms with Crippen molar-refractivity contribution < 1.29 is 0 Å². The van der Waals surface area contributed by atoms with Crippen LogP contribution in [0.4, 0.5) is 0 Å². The minimum atomic E-state index is -1.40. The molecule has 0 aliphatic carbocycles. The van der Waals surface area contributed by atoms with Gasteiger partial charge in [0.15, 0.2) is 10.0 Å². The smallest absolute Gasteiger partial charge is 0.261 e. The summed E-state index contributed by atoms with van der Waals surface area (Å²) in [6.07, 6.45) is 19.1. The summed E-state index contributed by atoms with van der Waals surface area (Å²) in [5.74, 6) is 18.6. The number of aromatic nitrogens is 12. The van der Waals surface area contributed by atoms with Crippen LogP contribution in [0.5, 0.6) is 0 Å². The van der Waals surface area contributed by atoms with Crippen LogP contribution in [0.25, 0.3) is 54.5 Å². The van der Waals surface area contributed by atoms with Crippen molar-refractivity contribution in [2.45, 2.75) is 119 Å². The number of aryl methyl sites for hydroxylation is 2. The molecule has 0 bridgehead atoms. The highest BCUT2D eigenvalue weighted by Gasteiger charge is 2.23. The number of nitrogens with one attached hydrogen (secondary N) is 1. The molecule has 568 valence electrons. The second-order valence-corrected chi connectivity index (χ2v) is 43.4. The lowest BCUT2D eigenvalue weighted by atomic mass is 10.1. The Balaban J connectivity index is 0.000000132. The highest BCUT2D eigenvalue weighted by Crippen LogP contribution is 2.22. The molecule has 0 fully saturated rings. The van der Waals surface area contributed by atoms with E-state index in [1.165, 1.54) is 0 Å². The van der Waals surface area contributed by atoms with Crippen LogP contribution in [0.2, 0.25) is 39.3 Å². The third-order valence-corrected chi connectivity index (χ3v) is 22.6. The number of hydrogen-bond acceptors (Lipinski definition) is 19. The molecule has 7 aromatic heterocycles. The van der Waals surface area contributed by atoms with Crippen molar-refractivity contribution in [3.8, 4) is 60.0 Å². The van der Waals surface area contributed by atoms with Crippen molar-refractivity contribution in [2.75, 3.05) is 60.9 Å². The maximum atomic E-state index is 12.6. The van der Waals surface area contributed by atoms with Crippen LogP contribution in [-0.2, 0) is 65.4 Å². The molecule has 22 nitrogen and oxygen atoms in total. The van der Waals surface area contributed by atoms with Gasteiger partial charge in [-0.05, 0) is 145 Å². The first-order valence-electron chi connectivity index (χ1n) is 36.2. The normalized spacial score (nSPS) is 14.4. The Morgan fingerprint density at radius 2 is 0.739 bits per heavy atom. The fourth-order valence-corrected chi connectivity index (χ4v) is 14.7. The summed E-state index contributed by atoms with van der Waals surface area (Å²) in [5.41, 5.74) is 12.6. The molecule has 17 rings (SSSR count). The van der Waals surface area contributed by atoms with Gasteiger partial charge in [-0.3, -0.25) is 66.4 Å². The van der Waals surface area contributed by atoms with Gasteiger partial charge in [-0.15, -0.1) is 53.0 Å². The monoisotopic (exact) mass is 1680 g/mol. The highest BCUT2D eigenvalue weighted by atomic mass is 79.9. The van der Waals surface area contributed by atoms with Crippen LogP contribution < -0.4 is 33.1 Å². The Hall–Kier alpha value is -9.95. The summed E-state index contributed by atoms with van der Waals surface area (Å²) in [7, 11) is 5.65. The molecular weight excluding hydrogens is 1600 g/mol. The zero-order valence-corrected chi connectivity index (χ0v) is 71.2. The summed E-state index contributed by atoms with van der Waals surface area (Å²) in [6.45, 7) is 28.5. The molecular formula is C83H87Br2N17O5S2Si2. The number of nitrogens with zero attached hydrogens (tertiary/aromatic N) is 16. The molecule has 111 heavy (non-hydrogen) atoms. The van der Waals surface area contributed by atoms with Gasteiger partial charge < -0.3 is 5.32 Å². The molecule has 0 amide bonds. The predicted molar refractivity (Wildman–Crippen MR) is 460 cm³/mol. The molecule has 28 heteroatoms. The second kappa shape index (κ2) is 36.0. The first kappa shape index (κ1) is 82.0. The van der Waals surface area contributed by atoms with Crippen LogP contribution >= 0.6 is 54.5 Å². The van der Waals surface area contributed by atoms with Gasteiger partial charge in [-0.2, -0.15) is 0 Å². The van der Waals surface area contributed by atoms with E-state index in [9.17, 15) is 24.0 Å². The van der Waals surface area contributed by atoms with Gasteiger partial charge >= 0.3 is 0 Å². The maximum Gasteiger partial charge on any atom is 0.261 e. The summed E-state index contributed by atoms with van der Waals surface area (Å²) >= 11 is 9.91. The fourth-order valence-electron chi connectivity index (χ4n) is 12.3. The zero-order chi connectivity index (χ0) is 79.6. The third kappa shape index (κ3) is 21.0. The first-order chi connectivity index (χ1) is 52.9. The number of benzene rings is 5. The van der Waals surface area contributed by atoms with E-state index in [2.05, 4.69) is 174 Å². The Kier molecular flexibility index (Phi) is 26.6. The number of thiazole rings is 2. The summed E-state index contributed by atoms with van der Waals surface area (Å²) in [6, 6.07) is 27.9. The molecule has 0 saturated heterocycles. The van der Waals surface area contributed by atoms with Crippen molar-refractivity contribution in [3.63, 3.8) is 0 Å². The standard InChI is InChI=1S/C18H16N4OS.C17H21N3OSi.C14H13N3O.C12H12BrN3O.C11H10BrN3O.C6H5NS.C5H10Si/c1-12-10-19-17(24-12)6-4-13-3-5-14-15(9-13)20-16-11-21(2)7-8-22(16)18(14)23;1-19-8-9-20-16(12-19)18-15-11-13(7-10-22(2,3)4)5-6-14(15)17(20)21;1-3-10-4-5-11-12(8-10)15-13-9-16(2)6-7-17(13)14(11)18;1-15-4-5-16-11(7-15)14-10-6-8(13)2-3-9(10)12(16)17;12-7-1-2-8-9(5-7)14-10-6-13-3-4-15(10)11(8)16;1-3-6-7-4-5(2)8-6;1-5-6(2,3)4/h3,5,9-10H,7-8,11H2,1-2H3;5-6,11H,8-9,12H2,1-4H3;1,4-5,8H,6-7,9H2,2H3;2-3,6H,4-5,7H2,1H3;1-2,5,13H,3-4,6H2;1,4H,2H3;1H,2-4H3. The molecule has 0 unspecified atom stereocenters. The molecule has 5 aliphatic rings. The number of terminal acetylenes is 3. The van der Waals surface area contributed by atoms with Crippen LogP contribution in [0.1, 0.15) is 65.6 Å². The Morgan fingerprint density at radius 1 is 0.405 bits per heavy atom. The Morgan fingerprint density at radius 3 is 1.08 bits per heavy atom. The van der Waals surface area contributed by atoms with E-state index in [0.717, 1.165) is 143 Å². The van der Waals surface area contributed by atoms with E-state index < -0.39 is 16.1 Å². The van der Waals surface area contributed by atoms with Gasteiger partial charge in [0, 0.05) is 113 Å². The molecule has 0 spiro atoms. The SMILES string of the molecule is C#C[Si](C)(C)C.C#Cc1ccc2c(=O)n3c(nc2c1)CN(C)CC3.C#Cc1ncc(C)s1.CN1CCn2c(nc3cc(Br)ccc3c2=O)C1.CN1CCn2c(nc3cc(C#C[Si](C)(C)C)ccc3c2=O)C1.Cc1cnc(C#Cc2ccc3c(=O)n4c(nc3c2)CN(C)CC4)s1.O=c1c2ccc(Br)cc2nc2n1CCNC2. The fraction of sp³-hybridized carbons (Fsp3) is 0.325. The van der Waals surface area contributed by atoms with Crippen molar-refractivity contribution in [3.05, 3.63) is 230 Å². The van der Waals surface area contributed by atoms with E-state index in [1.54, 1.807) is 69.9 Å². The first-order valence-corrected chi connectivity index (χ1v) is 46.4. The molecule has 5 aliphatic heterocycles. The highest BCUT2D eigenvalue weighted by molar-refractivity contribution is 9.10. The Bertz CT molecular complexity index is 6170. The van der Waals surface area contributed by atoms with Crippen molar-refractivity contribution in [1.82, 2.24) is 82.6 Å². The summed E-state index contributed by atoms with van der Waals surface area (Å²) in [5, 5.41) is 8.14. The van der Waals surface area contributed by atoms with E-state index in [1.807, 2.05) is 114 Å². The molecule has 5 aromatic carbocycles. The maximum absolute atomic E-state index is 12.6. The number of rotatable bonds is 0. The quantitative estimate of drug-likeness (QED) is 0.110. The van der Waals surface area contributed by atoms with Gasteiger partial charge in [0.1, 0.15) is 45.3 Å². The van der Waals surface area contributed by atoms with Crippen LogP contribution in [0.15, 0.2) is 136 Å². The summed E-state index contributed by atoms with van der Waals surface area (Å²) < 4.78 is 10.8. The van der Waals surface area contributed by atoms with Gasteiger partial charge in [0.2, 0.25) is 0 Å². The molecule has 12 heterocycles. The lowest BCUT2D eigenvalue weighted by molar-refractivity contribution is 0.259. The van der Waals surface area contributed by atoms with Gasteiger partial charge in [0.25, 0.3) is 27.8 Å². The van der Waals surface area contributed by atoms with Crippen molar-refractivity contribution in [1.29, 1.82) is 0 Å². The zero-order valence-electron chi connectivity index (χ0n) is 64.4. The lowest BCUT2D eigenvalue weighted by Crippen LogP contribution is -2.38. The van der Waals surface area contributed by atoms with Crippen LogP contribution in [-0.4, -0.2) is 154 Å². The molecule has 12 aromatic rings. The van der Waals surface area contributed by atoms with E-state index in [4.69, 9.17) is 24.3 Å². The van der Waals surface area contributed by atoms with Gasteiger partial charge in [0.05, 0.1) is 87.2 Å². The predicted octanol–water partition coefficient (Wildman–Crippen LogP) is 10.7. The molecule has 0 radical (unpaired) electrons. The molecule has 0 saturated carbocycles. The molecule has 0 atom stereocenters. The molecule has 1 N–H and O–H groups in total. The van der Waals surface area contributed by atoms with E-state index >= 15 is 0 Å².